The number of aryl methyl sites for hydroxylation is 1. The third-order valence-electron chi connectivity index (χ3n) is 7.46. The number of aromatic nitrogens is 3. The molecule has 36 heavy (non-hydrogen) atoms. The van der Waals surface area contributed by atoms with Gasteiger partial charge in [0.2, 0.25) is 0 Å². The van der Waals surface area contributed by atoms with Gasteiger partial charge in [-0.3, -0.25) is 9.20 Å². The molecule has 0 spiro atoms. The Hall–Kier alpha value is -2.36. The van der Waals surface area contributed by atoms with E-state index in [1.54, 1.807) is 32.2 Å². The highest BCUT2D eigenvalue weighted by Gasteiger charge is 2.40. The molecule has 0 bridgehead atoms. The van der Waals surface area contributed by atoms with Crippen LogP contribution in [0.3, 0.4) is 0 Å². The smallest absolute Gasteiger partial charge is 0.261 e. The summed E-state index contributed by atoms with van der Waals surface area (Å²) in [4.78, 5) is 24.6. The van der Waals surface area contributed by atoms with E-state index in [0.29, 0.717) is 66.3 Å². The molecule has 1 saturated carbocycles. The molecule has 1 unspecified atom stereocenters. The van der Waals surface area contributed by atoms with Crippen LogP contribution < -0.4 is 10.5 Å². The summed E-state index contributed by atoms with van der Waals surface area (Å²) >= 11 is 5.98. The Kier molecular flexibility index (Phi) is 6.68. The minimum Gasteiger partial charge on any atom is -0.353 e. The maximum atomic E-state index is 15.0. The second kappa shape index (κ2) is 9.50. The van der Waals surface area contributed by atoms with Crippen LogP contribution in [0.25, 0.3) is 16.9 Å². The lowest BCUT2D eigenvalue weighted by Gasteiger charge is -2.45. The van der Waals surface area contributed by atoms with Crippen LogP contribution in [0.1, 0.15) is 37.9 Å². The standard InChI is InChI=1S/C26H31ClFN5O2S/c1-16-12-26(4,13-16)15-36(35)32-9-7-31(8-10-32)22-14-33-24(29-18(3)17(2)25(33)34)23(30-22)20-6-5-19(27)11-21(20)28/h5-6,11,14,16H,7-10,12-13,15H2,1-4H3. The van der Waals surface area contributed by atoms with Gasteiger partial charge < -0.3 is 4.90 Å². The van der Waals surface area contributed by atoms with E-state index < -0.39 is 16.8 Å². The largest absolute Gasteiger partial charge is 0.353 e. The summed E-state index contributed by atoms with van der Waals surface area (Å²) in [5.41, 5.74) is 1.90. The Bertz CT molecular complexity index is 1410. The summed E-state index contributed by atoms with van der Waals surface area (Å²) in [7, 11) is -1.02. The van der Waals surface area contributed by atoms with Crippen molar-refractivity contribution in [3.63, 3.8) is 0 Å². The lowest BCUT2D eigenvalue weighted by atomic mass is 9.65. The number of benzene rings is 1. The van der Waals surface area contributed by atoms with Crippen molar-refractivity contribution in [2.75, 3.05) is 36.8 Å². The summed E-state index contributed by atoms with van der Waals surface area (Å²) < 4.78 is 31.5. The first kappa shape index (κ1) is 25.3. The highest BCUT2D eigenvalue weighted by atomic mass is 35.5. The summed E-state index contributed by atoms with van der Waals surface area (Å²) in [6, 6.07) is 4.40. The molecule has 1 aliphatic carbocycles. The maximum Gasteiger partial charge on any atom is 0.261 e. The second-order valence-corrected chi connectivity index (χ2v) is 12.5. The molecule has 7 nitrogen and oxygen atoms in total. The quantitative estimate of drug-likeness (QED) is 0.488. The number of fused-ring (bicyclic) bond motifs is 1. The molecule has 2 aromatic heterocycles. The third-order valence-corrected chi connectivity index (χ3v) is 9.58. The molecular formula is C26H31ClFN5O2S. The Labute approximate surface area is 217 Å². The molecule has 0 N–H and O–H groups in total. The van der Waals surface area contributed by atoms with Crippen molar-refractivity contribution in [2.24, 2.45) is 11.3 Å². The van der Waals surface area contributed by atoms with Crippen LogP contribution in [0.4, 0.5) is 10.2 Å². The molecule has 3 aromatic rings. The number of hydrogen-bond donors (Lipinski definition) is 0. The van der Waals surface area contributed by atoms with Crippen molar-refractivity contribution in [1.82, 2.24) is 18.7 Å². The number of halogens is 2. The van der Waals surface area contributed by atoms with E-state index in [0.717, 1.165) is 12.8 Å². The minimum atomic E-state index is -1.02. The van der Waals surface area contributed by atoms with Gasteiger partial charge in [0, 0.05) is 53.8 Å². The number of rotatable bonds is 5. The summed E-state index contributed by atoms with van der Waals surface area (Å²) in [5.74, 6) is 1.45. The molecule has 10 heteroatoms. The van der Waals surface area contributed by atoms with Crippen LogP contribution in [-0.2, 0) is 11.0 Å². The number of hydrogen-bond acceptors (Lipinski definition) is 5. The van der Waals surface area contributed by atoms with E-state index in [4.69, 9.17) is 16.6 Å². The van der Waals surface area contributed by atoms with E-state index >= 15 is 0 Å². The minimum absolute atomic E-state index is 0.170. The Morgan fingerprint density at radius 1 is 1.17 bits per heavy atom. The van der Waals surface area contributed by atoms with Gasteiger partial charge in [-0.1, -0.05) is 25.4 Å². The molecule has 2 aliphatic rings. The molecule has 0 radical (unpaired) electrons. The van der Waals surface area contributed by atoms with E-state index in [1.807, 2.05) is 4.31 Å². The number of anilines is 1. The van der Waals surface area contributed by atoms with Crippen LogP contribution in [0.15, 0.2) is 29.2 Å². The van der Waals surface area contributed by atoms with Crippen molar-refractivity contribution in [2.45, 2.75) is 40.5 Å². The van der Waals surface area contributed by atoms with Gasteiger partial charge in [-0.15, -0.1) is 0 Å². The summed E-state index contributed by atoms with van der Waals surface area (Å²) in [6.07, 6.45) is 3.94. The SMILES string of the molecule is Cc1nc2c(-c3ccc(Cl)cc3F)nc(N3CCN(S(=O)CC4(C)CC(C)C4)CC3)cn2c(=O)c1C. The van der Waals surface area contributed by atoms with Gasteiger partial charge in [0.15, 0.2) is 5.65 Å². The van der Waals surface area contributed by atoms with Gasteiger partial charge in [-0.05, 0) is 56.2 Å². The van der Waals surface area contributed by atoms with E-state index in [-0.39, 0.29) is 21.6 Å². The van der Waals surface area contributed by atoms with Crippen molar-refractivity contribution in [3.8, 4) is 11.3 Å². The van der Waals surface area contributed by atoms with E-state index in [1.165, 1.54) is 10.5 Å². The van der Waals surface area contributed by atoms with Gasteiger partial charge >= 0.3 is 0 Å². The van der Waals surface area contributed by atoms with Crippen molar-refractivity contribution >= 4 is 34.1 Å². The molecule has 3 heterocycles. The lowest BCUT2D eigenvalue weighted by Crippen LogP contribution is -2.50. The van der Waals surface area contributed by atoms with Crippen LogP contribution in [0, 0.1) is 31.0 Å². The van der Waals surface area contributed by atoms with Gasteiger partial charge in [0.1, 0.15) is 17.3 Å². The summed E-state index contributed by atoms with van der Waals surface area (Å²) in [6.45, 7) is 10.4. The average Bonchev–Trinajstić information content (AvgIpc) is 2.81. The Balaban J connectivity index is 1.46. The number of nitrogens with zero attached hydrogens (tertiary/aromatic N) is 5. The fourth-order valence-electron chi connectivity index (χ4n) is 5.59. The highest BCUT2D eigenvalue weighted by molar-refractivity contribution is 7.82. The van der Waals surface area contributed by atoms with Crippen molar-refractivity contribution in [3.05, 3.63) is 56.8 Å². The molecule has 1 saturated heterocycles. The second-order valence-electron chi connectivity index (χ2n) is 10.6. The maximum absolute atomic E-state index is 15.0. The molecular weight excluding hydrogens is 501 g/mol. The first-order chi connectivity index (χ1) is 17.0. The van der Waals surface area contributed by atoms with Gasteiger partial charge in [-0.25, -0.2) is 22.9 Å². The monoisotopic (exact) mass is 531 g/mol. The van der Waals surface area contributed by atoms with Crippen LogP contribution in [0.5, 0.6) is 0 Å². The van der Waals surface area contributed by atoms with Gasteiger partial charge in [-0.2, -0.15) is 0 Å². The first-order valence-corrected chi connectivity index (χ1v) is 13.9. The molecule has 0 amide bonds. The molecule has 1 atom stereocenters. The Morgan fingerprint density at radius 3 is 2.50 bits per heavy atom. The molecule has 192 valence electrons. The number of piperazine rings is 1. The molecule has 1 aliphatic heterocycles. The highest BCUT2D eigenvalue weighted by Crippen LogP contribution is 2.45. The average molecular weight is 532 g/mol. The third kappa shape index (κ3) is 4.68. The van der Waals surface area contributed by atoms with Crippen LogP contribution in [0.2, 0.25) is 5.02 Å². The zero-order chi connectivity index (χ0) is 25.8. The lowest BCUT2D eigenvalue weighted by molar-refractivity contribution is 0.114. The molecule has 1 aromatic carbocycles. The normalized spacial score (nSPS) is 23.6. The van der Waals surface area contributed by atoms with Gasteiger partial charge in [0.25, 0.3) is 5.56 Å². The topological polar surface area (TPSA) is 70.8 Å². The van der Waals surface area contributed by atoms with Crippen molar-refractivity contribution < 1.29 is 8.60 Å². The van der Waals surface area contributed by atoms with E-state index in [2.05, 4.69) is 23.7 Å². The fourth-order valence-corrected chi connectivity index (χ4v) is 7.33. The van der Waals surface area contributed by atoms with Crippen LogP contribution in [-0.4, -0.2) is 54.8 Å². The Morgan fingerprint density at radius 2 is 1.86 bits per heavy atom. The zero-order valence-electron chi connectivity index (χ0n) is 21.1. The molecule has 5 rings (SSSR count). The molecule has 2 fully saturated rings. The van der Waals surface area contributed by atoms with Gasteiger partial charge in [0.05, 0.1) is 17.2 Å². The first-order valence-electron chi connectivity index (χ1n) is 12.3. The fraction of sp³-hybridized carbons (Fsp3) is 0.500. The predicted molar refractivity (Wildman–Crippen MR) is 142 cm³/mol. The zero-order valence-corrected chi connectivity index (χ0v) is 22.6. The van der Waals surface area contributed by atoms with Crippen molar-refractivity contribution in [1.29, 1.82) is 0 Å². The van der Waals surface area contributed by atoms with E-state index in [9.17, 15) is 13.4 Å². The predicted octanol–water partition coefficient (Wildman–Crippen LogP) is 4.39. The summed E-state index contributed by atoms with van der Waals surface area (Å²) in [5, 5.41) is 0.281. The van der Waals surface area contributed by atoms with Crippen LogP contribution >= 0.6 is 11.6 Å².